The Kier molecular flexibility index (Phi) is 8.47. The van der Waals surface area contributed by atoms with E-state index in [0.29, 0.717) is 55.0 Å². The number of anilines is 2. The highest BCUT2D eigenvalue weighted by atomic mass is 16.6. The third kappa shape index (κ3) is 6.43. The van der Waals surface area contributed by atoms with Gasteiger partial charge in [0.25, 0.3) is 11.6 Å². The highest BCUT2D eigenvalue weighted by Crippen LogP contribution is 2.28. The summed E-state index contributed by atoms with van der Waals surface area (Å²) in [7, 11) is 0. The maximum Gasteiger partial charge on any atom is 0.293 e. The van der Waals surface area contributed by atoms with E-state index < -0.39 is 22.6 Å². The van der Waals surface area contributed by atoms with Crippen LogP contribution in [0.25, 0.3) is 11.0 Å². The van der Waals surface area contributed by atoms with Crippen LogP contribution in [0.5, 0.6) is 0 Å². The van der Waals surface area contributed by atoms with Crippen LogP contribution in [0.15, 0.2) is 42.5 Å². The van der Waals surface area contributed by atoms with E-state index >= 15 is 0 Å². The van der Waals surface area contributed by atoms with Crippen molar-refractivity contribution in [2.75, 3.05) is 30.3 Å². The number of carbonyl (C=O) groups excluding carboxylic acids is 4. The fraction of sp³-hybridized carbons (Fsp3) is 0.310. The fourth-order valence-corrected chi connectivity index (χ4v) is 5.43. The number of hydrogen-bond donors (Lipinski definition) is 4. The number of rotatable bonds is 11. The molecule has 0 spiro atoms. The number of nitrogens with one attached hydrogen (secondary N) is 2. The first kappa shape index (κ1) is 30.7. The predicted octanol–water partition coefficient (Wildman–Crippen LogP) is 1.88. The summed E-state index contributed by atoms with van der Waals surface area (Å²) in [5, 5.41) is 21.5. The minimum Gasteiger partial charge on any atom is -0.371 e. The molecule has 1 saturated heterocycles. The van der Waals surface area contributed by atoms with E-state index in [-0.39, 0.29) is 46.8 Å². The molecular formula is C29H32N10O6. The van der Waals surface area contributed by atoms with E-state index in [1.807, 2.05) is 11.5 Å². The fourth-order valence-electron chi connectivity index (χ4n) is 5.43. The standard InChI is InChI=1S/C29H32N10O6/c1-3-38-24(10-16(2)35-38)28(43)34-29-33-21-11-18(26(30)41)5-7-22(21)37(29)15-17-8-9-36(14-17)25(40)13-32-20-6-4-19(27(31)42)12-23(20)39(44)45/h4-7,10-12,17,32H,3,8-9,13-15H2,1-2H3,(H2,30,41)(H2,31,42)(H,33,34,43)/t17-/m0/s1. The third-order valence-electron chi connectivity index (χ3n) is 7.68. The Balaban J connectivity index is 1.32. The Morgan fingerprint density at radius 1 is 1.07 bits per heavy atom. The van der Waals surface area contributed by atoms with Crippen LogP contribution in [0.2, 0.25) is 0 Å². The van der Waals surface area contributed by atoms with Crippen molar-refractivity contribution in [1.29, 1.82) is 0 Å². The summed E-state index contributed by atoms with van der Waals surface area (Å²) < 4.78 is 3.44. The van der Waals surface area contributed by atoms with E-state index in [2.05, 4.69) is 20.7 Å². The first-order valence-corrected chi connectivity index (χ1v) is 14.2. The molecular weight excluding hydrogens is 584 g/mol. The van der Waals surface area contributed by atoms with Crippen LogP contribution < -0.4 is 22.1 Å². The zero-order valence-corrected chi connectivity index (χ0v) is 24.6. The number of nitro benzene ring substituents is 1. The lowest BCUT2D eigenvalue weighted by Crippen LogP contribution is -2.34. The molecule has 4 amide bonds. The van der Waals surface area contributed by atoms with Gasteiger partial charge in [0.2, 0.25) is 23.7 Å². The summed E-state index contributed by atoms with van der Waals surface area (Å²) in [4.78, 5) is 66.7. The van der Waals surface area contributed by atoms with Crippen molar-refractivity contribution in [2.45, 2.75) is 33.4 Å². The summed E-state index contributed by atoms with van der Waals surface area (Å²) >= 11 is 0. The molecule has 1 atom stereocenters. The molecule has 234 valence electrons. The Bertz CT molecular complexity index is 1840. The van der Waals surface area contributed by atoms with Crippen LogP contribution in [0.1, 0.15) is 50.2 Å². The van der Waals surface area contributed by atoms with Crippen LogP contribution >= 0.6 is 0 Å². The van der Waals surface area contributed by atoms with Gasteiger partial charge in [0, 0.05) is 43.4 Å². The van der Waals surface area contributed by atoms with Crippen molar-refractivity contribution in [1.82, 2.24) is 24.2 Å². The van der Waals surface area contributed by atoms with Gasteiger partial charge in [0.05, 0.1) is 28.2 Å². The molecule has 16 nitrogen and oxygen atoms in total. The molecule has 0 unspecified atom stereocenters. The third-order valence-corrected chi connectivity index (χ3v) is 7.68. The second kappa shape index (κ2) is 12.4. The number of amides is 4. The molecule has 1 fully saturated rings. The van der Waals surface area contributed by atoms with Crippen LogP contribution in [-0.2, 0) is 17.9 Å². The molecule has 1 aliphatic rings. The van der Waals surface area contributed by atoms with Gasteiger partial charge < -0.3 is 26.3 Å². The number of nitrogens with zero attached hydrogens (tertiary/aromatic N) is 6. The highest BCUT2D eigenvalue weighted by molar-refractivity contribution is 6.03. The number of likely N-dealkylation sites (tertiary alicyclic amines) is 1. The van der Waals surface area contributed by atoms with Crippen molar-refractivity contribution < 1.29 is 24.1 Å². The number of benzene rings is 2. The number of primary amides is 2. The SMILES string of the molecule is CCn1nc(C)cc1C(=O)Nc1nc2cc(C(N)=O)ccc2n1C[C@H]1CCN(C(=O)CNc2ccc(C(N)=O)cc2[N+](=O)[O-])C1. The maximum atomic E-state index is 13.3. The topological polar surface area (TPSA) is 226 Å². The quantitative estimate of drug-likeness (QED) is 0.142. The van der Waals surface area contributed by atoms with Gasteiger partial charge in [-0.2, -0.15) is 5.10 Å². The van der Waals surface area contributed by atoms with Crippen molar-refractivity contribution in [3.05, 3.63) is 75.1 Å². The summed E-state index contributed by atoms with van der Waals surface area (Å²) in [6.45, 7) is 5.26. The molecule has 0 saturated carbocycles. The van der Waals surface area contributed by atoms with Crippen molar-refractivity contribution in [2.24, 2.45) is 17.4 Å². The van der Waals surface area contributed by atoms with Gasteiger partial charge >= 0.3 is 0 Å². The summed E-state index contributed by atoms with van der Waals surface area (Å²) in [6.07, 6.45) is 0.660. The van der Waals surface area contributed by atoms with E-state index in [1.54, 1.807) is 40.8 Å². The van der Waals surface area contributed by atoms with Gasteiger partial charge in [-0.25, -0.2) is 4.98 Å². The van der Waals surface area contributed by atoms with E-state index in [0.717, 1.165) is 6.07 Å². The average Bonchev–Trinajstić information content (AvgIpc) is 3.72. The molecule has 6 N–H and O–H groups in total. The zero-order valence-electron chi connectivity index (χ0n) is 24.6. The lowest BCUT2D eigenvalue weighted by molar-refractivity contribution is -0.384. The molecule has 4 aromatic rings. The lowest BCUT2D eigenvalue weighted by Gasteiger charge is -2.18. The van der Waals surface area contributed by atoms with Crippen molar-refractivity contribution >= 4 is 52.0 Å². The van der Waals surface area contributed by atoms with E-state index in [1.165, 1.54) is 12.1 Å². The lowest BCUT2D eigenvalue weighted by atomic mass is 10.1. The molecule has 5 rings (SSSR count). The minimum absolute atomic E-state index is 0.00887. The molecule has 45 heavy (non-hydrogen) atoms. The number of nitro groups is 1. The number of nitrogens with two attached hydrogens (primary N) is 2. The summed E-state index contributed by atoms with van der Waals surface area (Å²) in [5.74, 6) is -1.79. The largest absolute Gasteiger partial charge is 0.371 e. The molecule has 2 aromatic carbocycles. The van der Waals surface area contributed by atoms with Crippen LogP contribution in [0.4, 0.5) is 17.3 Å². The van der Waals surface area contributed by atoms with Crippen LogP contribution in [-0.4, -0.2) is 72.4 Å². The smallest absolute Gasteiger partial charge is 0.293 e. The normalized spacial score (nSPS) is 14.4. The van der Waals surface area contributed by atoms with Crippen molar-refractivity contribution in [3.63, 3.8) is 0 Å². The summed E-state index contributed by atoms with van der Waals surface area (Å²) in [5.41, 5.74) is 12.9. The monoisotopic (exact) mass is 616 g/mol. The Morgan fingerprint density at radius 3 is 2.47 bits per heavy atom. The Morgan fingerprint density at radius 2 is 1.78 bits per heavy atom. The second-order valence-corrected chi connectivity index (χ2v) is 10.8. The molecule has 0 aliphatic carbocycles. The number of fused-ring (bicyclic) bond motifs is 1. The number of imidazole rings is 1. The Hall–Kier alpha value is -5.80. The van der Waals surface area contributed by atoms with Gasteiger partial charge in [-0.15, -0.1) is 0 Å². The van der Waals surface area contributed by atoms with E-state index in [4.69, 9.17) is 11.5 Å². The van der Waals surface area contributed by atoms with Crippen LogP contribution in [0.3, 0.4) is 0 Å². The van der Waals surface area contributed by atoms with Crippen molar-refractivity contribution in [3.8, 4) is 0 Å². The number of hydrogen-bond acceptors (Lipinski definition) is 9. The zero-order chi connectivity index (χ0) is 32.4. The number of carbonyl (C=O) groups is 4. The second-order valence-electron chi connectivity index (χ2n) is 10.8. The molecule has 1 aliphatic heterocycles. The van der Waals surface area contributed by atoms with Gasteiger partial charge in [-0.05, 0) is 62.6 Å². The summed E-state index contributed by atoms with van der Waals surface area (Å²) in [6, 6.07) is 10.3. The number of aryl methyl sites for hydroxylation is 2. The molecule has 0 bridgehead atoms. The minimum atomic E-state index is -0.798. The van der Waals surface area contributed by atoms with E-state index in [9.17, 15) is 29.3 Å². The van der Waals surface area contributed by atoms with Gasteiger partial charge in [-0.1, -0.05) is 0 Å². The van der Waals surface area contributed by atoms with Crippen LogP contribution in [0, 0.1) is 23.0 Å². The first-order valence-electron chi connectivity index (χ1n) is 14.2. The average molecular weight is 617 g/mol. The molecule has 3 heterocycles. The first-order chi connectivity index (χ1) is 21.4. The molecule has 16 heteroatoms. The van der Waals surface area contributed by atoms with Gasteiger partial charge in [0.15, 0.2) is 0 Å². The predicted molar refractivity (Wildman–Crippen MR) is 164 cm³/mol. The molecule has 0 radical (unpaired) electrons. The van der Waals surface area contributed by atoms with Gasteiger partial charge in [0.1, 0.15) is 11.4 Å². The Labute approximate surface area is 256 Å². The number of aromatic nitrogens is 4. The molecule has 2 aromatic heterocycles. The highest BCUT2D eigenvalue weighted by Gasteiger charge is 2.29. The van der Waals surface area contributed by atoms with Gasteiger partial charge in [-0.3, -0.25) is 39.3 Å². The maximum absolute atomic E-state index is 13.3.